The molecule has 1 amide bonds. The monoisotopic (exact) mass is 528 g/mol. The average molecular weight is 529 g/mol. The van der Waals surface area contributed by atoms with Crippen molar-refractivity contribution in [2.75, 3.05) is 38.9 Å². The molecule has 12 heteroatoms. The Bertz CT molecular complexity index is 1550. The van der Waals surface area contributed by atoms with Gasteiger partial charge < -0.3 is 18.9 Å². The summed E-state index contributed by atoms with van der Waals surface area (Å²) >= 11 is 0. The number of hydrogen-bond donors (Lipinski definition) is 1. The van der Waals surface area contributed by atoms with E-state index in [2.05, 4.69) is 15.4 Å². The molecule has 0 radical (unpaired) electrons. The Morgan fingerprint density at radius 3 is 2.68 bits per heavy atom. The minimum Gasteiger partial charge on any atom is -0.488 e. The predicted octanol–water partition coefficient (Wildman–Crippen LogP) is 3.31. The van der Waals surface area contributed by atoms with Gasteiger partial charge in [-0.2, -0.15) is 5.10 Å². The van der Waals surface area contributed by atoms with E-state index in [-0.39, 0.29) is 30.1 Å². The van der Waals surface area contributed by atoms with Crippen LogP contribution in [-0.4, -0.2) is 79.5 Å². The highest BCUT2D eigenvalue weighted by Gasteiger charge is 2.34. The molecule has 4 aromatic rings. The molecule has 2 aromatic heterocycles. The average Bonchev–Trinajstić information content (AvgIpc) is 3.49. The van der Waals surface area contributed by atoms with Crippen molar-refractivity contribution in [3.05, 3.63) is 53.8 Å². The normalized spacial score (nSPS) is 15.6. The number of carbonyl (C=O) groups is 1. The standard InChI is InChI=1S/C25H25FN4O6S/c1-34-9-10-35-22-13-21-18(11-19(22)26)24(28-27-21)23-12-20(29-36-23)15-3-5-16(6-4-15)25(31)30-8-7-17(30)14-37(2,32)33/h3-6,11-13,17H,7-10,14H2,1-2H3,(H,27,28)/t17-/m0/s1. The highest BCUT2D eigenvalue weighted by atomic mass is 32.2. The second-order valence-corrected chi connectivity index (χ2v) is 11.1. The molecule has 1 aliphatic rings. The maximum absolute atomic E-state index is 14.6. The largest absolute Gasteiger partial charge is 0.488 e. The first-order valence-electron chi connectivity index (χ1n) is 11.6. The molecule has 0 unspecified atom stereocenters. The Morgan fingerprint density at radius 2 is 2.00 bits per heavy atom. The van der Waals surface area contributed by atoms with E-state index >= 15 is 0 Å². The van der Waals surface area contributed by atoms with Gasteiger partial charge in [-0.25, -0.2) is 12.8 Å². The first-order chi connectivity index (χ1) is 17.7. The second kappa shape index (κ2) is 9.94. The van der Waals surface area contributed by atoms with Crippen LogP contribution < -0.4 is 4.74 Å². The van der Waals surface area contributed by atoms with Crippen LogP contribution in [0.2, 0.25) is 0 Å². The van der Waals surface area contributed by atoms with Crippen molar-refractivity contribution in [2.24, 2.45) is 0 Å². The van der Waals surface area contributed by atoms with Gasteiger partial charge in [-0.3, -0.25) is 9.89 Å². The van der Waals surface area contributed by atoms with Gasteiger partial charge in [-0.05, 0) is 24.6 Å². The Kier molecular flexibility index (Phi) is 6.69. The SMILES string of the molecule is COCCOc1cc2[nH]nc(-c3cc(-c4ccc(C(=O)N5CC[C@H]5CS(C)(=O)=O)cc4)no3)c2cc1F. The smallest absolute Gasteiger partial charge is 0.254 e. The molecule has 1 fully saturated rings. The van der Waals surface area contributed by atoms with E-state index in [1.54, 1.807) is 35.2 Å². The highest BCUT2D eigenvalue weighted by Crippen LogP contribution is 2.33. The number of sulfone groups is 1. The third kappa shape index (κ3) is 5.20. The highest BCUT2D eigenvalue weighted by molar-refractivity contribution is 7.90. The van der Waals surface area contributed by atoms with Gasteiger partial charge in [0.05, 0.1) is 17.9 Å². The van der Waals surface area contributed by atoms with E-state index in [1.807, 2.05) is 0 Å². The minimum absolute atomic E-state index is 0.0353. The van der Waals surface area contributed by atoms with Crippen molar-refractivity contribution >= 4 is 26.6 Å². The number of aromatic amines is 1. The van der Waals surface area contributed by atoms with Gasteiger partial charge in [0.25, 0.3) is 5.91 Å². The molecule has 0 spiro atoms. The number of fused-ring (bicyclic) bond motifs is 1. The summed E-state index contributed by atoms with van der Waals surface area (Å²) in [5.41, 5.74) is 2.66. The van der Waals surface area contributed by atoms with Crippen molar-refractivity contribution in [3.8, 4) is 28.5 Å². The molecule has 1 aliphatic heterocycles. The summed E-state index contributed by atoms with van der Waals surface area (Å²) in [5, 5.41) is 11.7. The lowest BCUT2D eigenvalue weighted by Crippen LogP contribution is -2.54. The van der Waals surface area contributed by atoms with E-state index in [0.29, 0.717) is 58.8 Å². The van der Waals surface area contributed by atoms with Crippen LogP contribution in [0, 0.1) is 5.82 Å². The van der Waals surface area contributed by atoms with E-state index in [1.165, 1.54) is 25.5 Å². The van der Waals surface area contributed by atoms with Gasteiger partial charge in [0.2, 0.25) is 0 Å². The lowest BCUT2D eigenvalue weighted by molar-refractivity contribution is 0.0508. The molecule has 0 aliphatic carbocycles. The van der Waals surface area contributed by atoms with Crippen LogP contribution in [0.4, 0.5) is 4.39 Å². The Morgan fingerprint density at radius 1 is 1.22 bits per heavy atom. The number of carbonyl (C=O) groups excluding carboxylic acids is 1. The third-order valence-corrected chi connectivity index (χ3v) is 7.22. The molecular weight excluding hydrogens is 503 g/mol. The summed E-state index contributed by atoms with van der Waals surface area (Å²) in [6.07, 6.45) is 1.85. The molecule has 2 aromatic carbocycles. The number of methoxy groups -OCH3 is 1. The molecule has 194 valence electrons. The van der Waals surface area contributed by atoms with Gasteiger partial charge in [0.1, 0.15) is 27.8 Å². The van der Waals surface area contributed by atoms with Crippen molar-refractivity contribution in [3.63, 3.8) is 0 Å². The number of H-pyrrole nitrogens is 1. The molecule has 37 heavy (non-hydrogen) atoms. The molecule has 1 N–H and O–H groups in total. The van der Waals surface area contributed by atoms with Crippen LogP contribution >= 0.6 is 0 Å². The summed E-state index contributed by atoms with van der Waals surface area (Å²) in [4.78, 5) is 14.4. The van der Waals surface area contributed by atoms with Crippen LogP contribution in [0.3, 0.4) is 0 Å². The number of nitrogens with one attached hydrogen (secondary N) is 1. The summed E-state index contributed by atoms with van der Waals surface area (Å²) in [6, 6.07) is 11.1. The number of halogens is 1. The fourth-order valence-electron chi connectivity index (χ4n) is 4.25. The zero-order valence-electron chi connectivity index (χ0n) is 20.2. The molecule has 3 heterocycles. The van der Waals surface area contributed by atoms with Gasteiger partial charge in [0.15, 0.2) is 17.3 Å². The van der Waals surface area contributed by atoms with Crippen molar-refractivity contribution in [1.82, 2.24) is 20.3 Å². The molecule has 10 nitrogen and oxygen atoms in total. The number of benzene rings is 2. The summed E-state index contributed by atoms with van der Waals surface area (Å²) in [7, 11) is -1.63. The quantitative estimate of drug-likeness (QED) is 0.328. The van der Waals surface area contributed by atoms with E-state index in [9.17, 15) is 17.6 Å². The van der Waals surface area contributed by atoms with Crippen LogP contribution in [0.5, 0.6) is 5.75 Å². The number of aromatic nitrogens is 3. The number of ether oxygens (including phenoxy) is 2. The van der Waals surface area contributed by atoms with Crippen LogP contribution in [0.25, 0.3) is 33.6 Å². The number of hydrogen-bond acceptors (Lipinski definition) is 8. The number of amides is 1. The summed E-state index contributed by atoms with van der Waals surface area (Å²) in [6.45, 7) is 1.09. The zero-order valence-corrected chi connectivity index (χ0v) is 21.0. The van der Waals surface area contributed by atoms with Gasteiger partial charge >= 0.3 is 0 Å². The zero-order chi connectivity index (χ0) is 26.2. The van der Waals surface area contributed by atoms with Gasteiger partial charge in [-0.1, -0.05) is 17.3 Å². The van der Waals surface area contributed by atoms with Gasteiger partial charge in [-0.15, -0.1) is 0 Å². The molecule has 5 rings (SSSR count). The van der Waals surface area contributed by atoms with Crippen LogP contribution in [0.15, 0.2) is 47.0 Å². The first kappa shape index (κ1) is 24.9. The van der Waals surface area contributed by atoms with E-state index in [0.717, 1.165) is 0 Å². The second-order valence-electron chi connectivity index (χ2n) is 8.93. The summed E-state index contributed by atoms with van der Waals surface area (Å²) in [5.74, 6) is -0.339. The fourth-order valence-corrected chi connectivity index (χ4v) is 5.30. The number of nitrogens with zero attached hydrogens (tertiary/aromatic N) is 3. The lowest BCUT2D eigenvalue weighted by Gasteiger charge is -2.40. The number of rotatable bonds is 9. The Hall–Kier alpha value is -3.77. The summed E-state index contributed by atoms with van der Waals surface area (Å²) < 4.78 is 53.6. The third-order valence-electron chi connectivity index (χ3n) is 6.23. The van der Waals surface area contributed by atoms with Crippen LogP contribution in [-0.2, 0) is 14.6 Å². The minimum atomic E-state index is -3.17. The van der Waals surface area contributed by atoms with Crippen molar-refractivity contribution < 1.29 is 31.6 Å². The first-order valence-corrected chi connectivity index (χ1v) is 13.6. The van der Waals surface area contributed by atoms with Crippen molar-refractivity contribution in [2.45, 2.75) is 12.5 Å². The topological polar surface area (TPSA) is 128 Å². The van der Waals surface area contributed by atoms with Crippen molar-refractivity contribution in [1.29, 1.82) is 0 Å². The lowest BCUT2D eigenvalue weighted by atomic mass is 10.0. The molecule has 1 atom stereocenters. The van der Waals surface area contributed by atoms with Crippen LogP contribution in [0.1, 0.15) is 16.8 Å². The predicted molar refractivity (Wildman–Crippen MR) is 134 cm³/mol. The van der Waals surface area contributed by atoms with E-state index in [4.69, 9.17) is 14.0 Å². The van der Waals surface area contributed by atoms with Gasteiger partial charge in [0, 0.05) is 54.6 Å². The molecule has 0 bridgehead atoms. The fraction of sp³-hybridized carbons (Fsp3) is 0.320. The Labute approximate surface area is 212 Å². The Balaban J connectivity index is 1.32. The molecule has 0 saturated carbocycles. The van der Waals surface area contributed by atoms with E-state index < -0.39 is 15.7 Å². The molecular formula is C25H25FN4O6S. The maximum atomic E-state index is 14.6. The molecule has 1 saturated heterocycles. The number of likely N-dealkylation sites (tertiary alicyclic amines) is 1. The maximum Gasteiger partial charge on any atom is 0.254 e.